The van der Waals surface area contributed by atoms with Crippen molar-refractivity contribution in [3.63, 3.8) is 0 Å². The Hall–Kier alpha value is -0.670. The van der Waals surface area contributed by atoms with E-state index in [1.54, 1.807) is 0 Å². The van der Waals surface area contributed by atoms with Crippen molar-refractivity contribution < 1.29 is 9.53 Å². The fourth-order valence-corrected chi connectivity index (χ4v) is 4.70. The van der Waals surface area contributed by atoms with Crippen molar-refractivity contribution in [3.8, 4) is 0 Å². The quantitative estimate of drug-likeness (QED) is 0.724. The molecule has 2 nitrogen and oxygen atoms in total. The van der Waals surface area contributed by atoms with Gasteiger partial charge in [0.05, 0.1) is 6.10 Å². The fourth-order valence-electron chi connectivity index (χ4n) is 4.30. The van der Waals surface area contributed by atoms with Gasteiger partial charge in [-0.15, -0.1) is 0 Å². The summed E-state index contributed by atoms with van der Waals surface area (Å²) in [5.41, 5.74) is 1.27. The summed E-state index contributed by atoms with van der Waals surface area (Å²) in [5, 5.41) is 0. The molecular weight excluding hydrogens is 328 g/mol. The zero-order valence-corrected chi connectivity index (χ0v) is 14.6. The number of benzene rings is 1. The number of ether oxygens (including phenoxy) is 1. The van der Waals surface area contributed by atoms with Crippen LogP contribution in [0.3, 0.4) is 0 Å². The molecule has 0 amide bonds. The van der Waals surface area contributed by atoms with E-state index in [0.29, 0.717) is 5.41 Å². The second kappa shape index (κ2) is 5.20. The van der Waals surface area contributed by atoms with E-state index in [-0.39, 0.29) is 23.9 Å². The largest absolute Gasteiger partial charge is 0.369 e. The van der Waals surface area contributed by atoms with Crippen LogP contribution >= 0.6 is 15.9 Å². The molecule has 2 bridgehead atoms. The number of hydrogen-bond acceptors (Lipinski definition) is 2. The molecule has 114 valence electrons. The first-order chi connectivity index (χ1) is 9.84. The summed E-state index contributed by atoms with van der Waals surface area (Å²) in [5.74, 6) is 0.814. The van der Waals surface area contributed by atoms with Crippen LogP contribution in [0.15, 0.2) is 28.7 Å². The summed E-state index contributed by atoms with van der Waals surface area (Å²) in [7, 11) is 0. The second-order valence-electron chi connectivity index (χ2n) is 7.34. The van der Waals surface area contributed by atoms with Gasteiger partial charge in [0.25, 0.3) is 0 Å². The molecule has 1 aromatic carbocycles. The maximum absolute atomic E-state index is 12.3. The molecule has 0 spiro atoms. The minimum atomic E-state index is 0.0699. The molecule has 3 rings (SSSR count). The SMILES string of the molecule is CC1(C)C2CCC1(C)C(OCC(=O)c1cccc(Br)c1)C2. The summed E-state index contributed by atoms with van der Waals surface area (Å²) >= 11 is 3.40. The molecule has 0 radical (unpaired) electrons. The molecule has 21 heavy (non-hydrogen) atoms. The molecule has 2 fully saturated rings. The van der Waals surface area contributed by atoms with Crippen LogP contribution in [0.5, 0.6) is 0 Å². The molecule has 2 aliphatic rings. The van der Waals surface area contributed by atoms with Crippen LogP contribution in [0.4, 0.5) is 0 Å². The first kappa shape index (κ1) is 15.2. The third-order valence-corrected chi connectivity index (χ3v) is 6.77. The van der Waals surface area contributed by atoms with E-state index in [4.69, 9.17) is 4.74 Å². The van der Waals surface area contributed by atoms with Crippen LogP contribution in [-0.4, -0.2) is 18.5 Å². The number of fused-ring (bicyclic) bond motifs is 2. The van der Waals surface area contributed by atoms with Gasteiger partial charge in [-0.2, -0.15) is 0 Å². The van der Waals surface area contributed by atoms with Gasteiger partial charge in [0.1, 0.15) is 6.61 Å². The maximum Gasteiger partial charge on any atom is 0.188 e. The number of halogens is 1. The van der Waals surface area contributed by atoms with E-state index in [0.717, 1.165) is 22.4 Å². The maximum atomic E-state index is 12.3. The second-order valence-corrected chi connectivity index (χ2v) is 8.26. The third kappa shape index (κ3) is 2.39. The number of rotatable bonds is 4. The monoisotopic (exact) mass is 350 g/mol. The average Bonchev–Trinajstić information content (AvgIpc) is 2.77. The van der Waals surface area contributed by atoms with Gasteiger partial charge in [0.15, 0.2) is 5.78 Å². The Morgan fingerprint density at radius 1 is 1.38 bits per heavy atom. The van der Waals surface area contributed by atoms with E-state index in [2.05, 4.69) is 36.7 Å². The predicted octanol–water partition coefficient (Wildman–Crippen LogP) is 4.86. The highest BCUT2D eigenvalue weighted by atomic mass is 79.9. The molecule has 2 aliphatic carbocycles. The summed E-state index contributed by atoms with van der Waals surface area (Å²) in [6, 6.07) is 7.53. The predicted molar refractivity (Wildman–Crippen MR) is 87.4 cm³/mol. The molecule has 0 heterocycles. The standard InChI is InChI=1S/C18H23BrO2/c1-17(2)13-7-8-18(17,3)16(10-13)21-11-15(20)12-5-4-6-14(19)9-12/h4-6,9,13,16H,7-8,10-11H2,1-3H3. The van der Waals surface area contributed by atoms with E-state index >= 15 is 0 Å². The zero-order chi connectivity index (χ0) is 15.3. The minimum absolute atomic E-state index is 0.0699. The molecule has 0 N–H and O–H groups in total. The van der Waals surface area contributed by atoms with Crippen molar-refractivity contribution in [3.05, 3.63) is 34.3 Å². The lowest BCUT2D eigenvalue weighted by atomic mass is 9.70. The van der Waals surface area contributed by atoms with Crippen LogP contribution in [-0.2, 0) is 4.74 Å². The van der Waals surface area contributed by atoms with Gasteiger partial charge in [-0.05, 0) is 48.1 Å². The first-order valence-corrected chi connectivity index (χ1v) is 8.54. The third-order valence-electron chi connectivity index (χ3n) is 6.28. The Morgan fingerprint density at radius 2 is 2.14 bits per heavy atom. The first-order valence-electron chi connectivity index (χ1n) is 7.75. The smallest absolute Gasteiger partial charge is 0.188 e. The summed E-state index contributed by atoms with van der Waals surface area (Å²) in [6.45, 7) is 7.27. The number of carbonyl (C=O) groups excluding carboxylic acids is 1. The Balaban J connectivity index is 1.66. The highest BCUT2D eigenvalue weighted by Crippen LogP contribution is 2.66. The molecule has 0 saturated heterocycles. The molecule has 0 aromatic heterocycles. The van der Waals surface area contributed by atoms with Gasteiger partial charge >= 0.3 is 0 Å². The van der Waals surface area contributed by atoms with Gasteiger partial charge in [0, 0.05) is 10.0 Å². The van der Waals surface area contributed by atoms with Crippen LogP contribution < -0.4 is 0 Å². The van der Waals surface area contributed by atoms with Crippen molar-refractivity contribution in [1.82, 2.24) is 0 Å². The molecule has 1 aromatic rings. The van der Waals surface area contributed by atoms with Gasteiger partial charge < -0.3 is 4.74 Å². The van der Waals surface area contributed by atoms with Crippen molar-refractivity contribution >= 4 is 21.7 Å². The van der Waals surface area contributed by atoms with Gasteiger partial charge in [-0.1, -0.05) is 48.8 Å². The summed E-state index contributed by atoms with van der Waals surface area (Å²) in [4.78, 5) is 12.3. The number of ketones is 1. The number of carbonyl (C=O) groups is 1. The van der Waals surface area contributed by atoms with E-state index in [1.165, 1.54) is 12.8 Å². The lowest BCUT2D eigenvalue weighted by Crippen LogP contribution is -2.38. The molecule has 0 aliphatic heterocycles. The van der Waals surface area contributed by atoms with Crippen LogP contribution in [0, 0.1) is 16.7 Å². The Kier molecular flexibility index (Phi) is 3.77. The van der Waals surface area contributed by atoms with Crippen LogP contribution in [0.1, 0.15) is 50.4 Å². The van der Waals surface area contributed by atoms with Crippen molar-refractivity contribution in [2.24, 2.45) is 16.7 Å². The fraction of sp³-hybridized carbons (Fsp3) is 0.611. The highest BCUT2D eigenvalue weighted by molar-refractivity contribution is 9.10. The molecule has 3 unspecified atom stereocenters. The normalized spacial score (nSPS) is 33.3. The van der Waals surface area contributed by atoms with Crippen molar-refractivity contribution in [1.29, 1.82) is 0 Å². The Labute approximate surface area is 135 Å². The van der Waals surface area contributed by atoms with Gasteiger partial charge in [-0.25, -0.2) is 0 Å². The topological polar surface area (TPSA) is 26.3 Å². The molecule has 3 heteroatoms. The molecular formula is C18H23BrO2. The Bertz CT molecular complexity index is 566. The highest BCUT2D eigenvalue weighted by Gasteiger charge is 2.61. The van der Waals surface area contributed by atoms with Crippen molar-refractivity contribution in [2.75, 3.05) is 6.61 Å². The molecule has 2 saturated carbocycles. The van der Waals surface area contributed by atoms with Crippen LogP contribution in [0.2, 0.25) is 0 Å². The lowest BCUT2D eigenvalue weighted by Gasteiger charge is -2.38. The van der Waals surface area contributed by atoms with Gasteiger partial charge in [0.2, 0.25) is 0 Å². The molecule has 3 atom stereocenters. The Morgan fingerprint density at radius 3 is 2.71 bits per heavy atom. The number of Topliss-reactive ketones (excluding diaryl/α,β-unsaturated/α-hetero) is 1. The van der Waals surface area contributed by atoms with E-state index in [1.807, 2.05) is 24.3 Å². The average molecular weight is 351 g/mol. The number of hydrogen-bond donors (Lipinski definition) is 0. The van der Waals surface area contributed by atoms with Gasteiger partial charge in [-0.3, -0.25) is 4.79 Å². The lowest BCUT2D eigenvalue weighted by molar-refractivity contribution is -0.0390. The van der Waals surface area contributed by atoms with E-state index < -0.39 is 0 Å². The minimum Gasteiger partial charge on any atom is -0.369 e. The zero-order valence-electron chi connectivity index (χ0n) is 13.0. The summed E-state index contributed by atoms with van der Waals surface area (Å²) in [6.07, 6.45) is 3.86. The van der Waals surface area contributed by atoms with E-state index in [9.17, 15) is 4.79 Å². The van der Waals surface area contributed by atoms with Crippen molar-refractivity contribution in [2.45, 2.75) is 46.1 Å². The van der Waals surface area contributed by atoms with Crippen LogP contribution in [0.25, 0.3) is 0 Å². The summed E-state index contributed by atoms with van der Waals surface area (Å²) < 4.78 is 7.00.